The van der Waals surface area contributed by atoms with Crippen LogP contribution in [0.5, 0.6) is 5.75 Å². The summed E-state index contributed by atoms with van der Waals surface area (Å²) in [5.41, 5.74) is 0.317. The second kappa shape index (κ2) is 9.17. The second-order valence-corrected chi connectivity index (χ2v) is 7.04. The van der Waals surface area contributed by atoms with Gasteiger partial charge < -0.3 is 14.8 Å². The Morgan fingerprint density at radius 1 is 1.43 bits per heavy atom. The number of hydrogen-bond donors (Lipinski definition) is 1. The minimum Gasteiger partial charge on any atom is -0.444 e. The molecule has 1 aromatic carbocycles. The molecule has 8 heteroatoms. The summed E-state index contributed by atoms with van der Waals surface area (Å²) in [6, 6.07) is 4.67. The molecule has 1 rings (SSSR count). The van der Waals surface area contributed by atoms with E-state index in [1.807, 2.05) is 21.2 Å². The highest BCUT2D eigenvalue weighted by molar-refractivity contribution is 14.2. The summed E-state index contributed by atoms with van der Waals surface area (Å²) in [5.74, 6) is 2.77. The fourth-order valence-electron chi connectivity index (χ4n) is 1.54. The lowest BCUT2D eigenvalue weighted by Gasteiger charge is -2.20. The molecule has 0 spiro atoms. The largest absolute Gasteiger partial charge is 0.444 e. The number of alkyl carbamates (subject to hydrolysis) is 1. The zero-order valence-electron chi connectivity index (χ0n) is 12.8. The van der Waals surface area contributed by atoms with Gasteiger partial charge in [-0.1, -0.05) is 12.0 Å². The van der Waals surface area contributed by atoms with E-state index in [1.54, 1.807) is 32.9 Å². The third kappa shape index (κ3) is 8.27. The lowest BCUT2D eigenvalue weighted by atomic mass is 10.1. The number of rotatable bonds is 4. The number of hydrogen-bond acceptors (Lipinski definition) is 4. The van der Waals surface area contributed by atoms with Gasteiger partial charge >= 0.3 is 12.7 Å². The second-order valence-electron chi connectivity index (χ2n) is 5.36. The number of amides is 1. The molecule has 4 nitrogen and oxygen atoms in total. The molecular formula is C15H16F2INO3S. The molecule has 23 heavy (non-hydrogen) atoms. The number of halogens is 3. The highest BCUT2D eigenvalue weighted by atomic mass is 127. The lowest BCUT2D eigenvalue weighted by Crippen LogP contribution is -2.32. The Balaban J connectivity index is 2.86. The molecule has 0 atom stereocenters. The zero-order valence-corrected chi connectivity index (χ0v) is 15.8. The van der Waals surface area contributed by atoms with E-state index in [1.165, 1.54) is 15.0 Å². The van der Waals surface area contributed by atoms with E-state index >= 15 is 0 Å². The van der Waals surface area contributed by atoms with Crippen molar-refractivity contribution in [2.45, 2.75) is 39.5 Å². The van der Waals surface area contributed by atoms with Crippen molar-refractivity contribution in [2.75, 3.05) is 0 Å². The molecule has 0 saturated heterocycles. The first kappa shape index (κ1) is 19.8. The van der Waals surface area contributed by atoms with E-state index in [0.717, 1.165) is 0 Å². The van der Waals surface area contributed by atoms with E-state index < -0.39 is 18.3 Å². The van der Waals surface area contributed by atoms with Crippen LogP contribution in [0.1, 0.15) is 31.9 Å². The first-order chi connectivity index (χ1) is 10.7. The van der Waals surface area contributed by atoms with Crippen LogP contribution in [0.3, 0.4) is 0 Å². The molecule has 0 aliphatic rings. The molecule has 0 heterocycles. The highest BCUT2D eigenvalue weighted by Gasteiger charge is 2.17. The lowest BCUT2D eigenvalue weighted by molar-refractivity contribution is -0.0504. The van der Waals surface area contributed by atoms with Crippen LogP contribution in [0.25, 0.3) is 0 Å². The minimum atomic E-state index is -2.96. The van der Waals surface area contributed by atoms with Gasteiger partial charge in [-0.25, -0.2) is 4.79 Å². The van der Waals surface area contributed by atoms with Crippen molar-refractivity contribution in [3.8, 4) is 16.9 Å². The van der Waals surface area contributed by atoms with Gasteiger partial charge in [0.2, 0.25) is 0 Å². The first-order valence-electron chi connectivity index (χ1n) is 6.54. The van der Waals surface area contributed by atoms with Crippen molar-refractivity contribution in [2.24, 2.45) is 0 Å². The van der Waals surface area contributed by atoms with Gasteiger partial charge in [0.25, 0.3) is 0 Å². The third-order valence-corrected chi connectivity index (χ3v) is 3.18. The summed E-state index contributed by atoms with van der Waals surface area (Å²) in [5, 5.41) is 5.27. The van der Waals surface area contributed by atoms with Gasteiger partial charge in [-0.15, -0.1) is 0 Å². The van der Waals surface area contributed by atoms with E-state index in [2.05, 4.69) is 21.2 Å². The average Bonchev–Trinajstić information content (AvgIpc) is 2.41. The number of nitrogens with one attached hydrogen (secondary N) is 1. The third-order valence-electron chi connectivity index (χ3n) is 2.34. The maximum absolute atomic E-state index is 12.5. The summed E-state index contributed by atoms with van der Waals surface area (Å²) in [6.07, 6.45) is -0.634. The number of carbonyl (C=O) groups excluding carboxylic acids is 1. The van der Waals surface area contributed by atoms with Crippen LogP contribution < -0.4 is 10.1 Å². The Morgan fingerprint density at radius 3 is 2.70 bits per heavy atom. The Hall–Kier alpha value is -1.21. The topological polar surface area (TPSA) is 47.6 Å². The van der Waals surface area contributed by atoms with Crippen LogP contribution in [0.4, 0.5) is 13.6 Å². The Kier molecular flexibility index (Phi) is 7.91. The quantitative estimate of drug-likeness (QED) is 0.528. The smallest absolute Gasteiger partial charge is 0.407 e. The Bertz CT molecular complexity index is 609. The average molecular weight is 455 g/mol. The first-order valence-corrected chi connectivity index (χ1v) is 9.90. The predicted molar refractivity (Wildman–Crippen MR) is 94.6 cm³/mol. The highest BCUT2D eigenvalue weighted by Crippen LogP contribution is 2.23. The molecule has 0 saturated carbocycles. The molecule has 0 radical (unpaired) electrons. The summed E-state index contributed by atoms with van der Waals surface area (Å²) in [6.45, 7) is 2.24. The standard InChI is InChI=1S/C15H16F2INO3S/c1-15(2,3)22-14(20)19-9-11-5-4-10(6-7-23-18)8-12(11)21-13(16)17/h4-5,8,13H,9H2,1-3H3,(H,19,20). The summed E-state index contributed by atoms with van der Waals surface area (Å²) in [4.78, 5) is 11.6. The fourth-order valence-corrected chi connectivity index (χ4v) is 2.03. The minimum absolute atomic E-state index is 0.00566. The number of ether oxygens (including phenoxy) is 2. The van der Waals surface area contributed by atoms with Crippen LogP contribution in [0.15, 0.2) is 18.2 Å². The monoisotopic (exact) mass is 455 g/mol. The van der Waals surface area contributed by atoms with Crippen LogP contribution in [-0.2, 0) is 11.3 Å². The number of carbonyl (C=O) groups is 1. The van der Waals surface area contributed by atoms with E-state index in [-0.39, 0.29) is 12.3 Å². The Morgan fingerprint density at radius 2 is 2.13 bits per heavy atom. The van der Waals surface area contributed by atoms with Crippen molar-refractivity contribution in [1.29, 1.82) is 0 Å². The van der Waals surface area contributed by atoms with Gasteiger partial charge in [-0.05, 0) is 47.1 Å². The predicted octanol–water partition coefficient (Wildman–Crippen LogP) is 4.70. The number of benzene rings is 1. The Labute approximate surface area is 150 Å². The SMILES string of the molecule is CC(C)(C)OC(=O)NCc1ccc(C#CSI)cc1OC(F)F. The molecule has 0 bridgehead atoms. The van der Waals surface area contributed by atoms with Crippen LogP contribution in [0.2, 0.25) is 0 Å². The molecule has 0 fully saturated rings. The van der Waals surface area contributed by atoms with Gasteiger partial charge in [0.05, 0.1) is 0 Å². The molecule has 1 amide bonds. The van der Waals surface area contributed by atoms with Gasteiger partial charge in [0, 0.05) is 38.9 Å². The molecule has 0 aliphatic heterocycles. The van der Waals surface area contributed by atoms with Gasteiger partial charge in [-0.3, -0.25) is 0 Å². The van der Waals surface area contributed by atoms with Crippen molar-refractivity contribution < 1.29 is 23.0 Å². The normalized spacial score (nSPS) is 10.7. The fraction of sp³-hybridized carbons (Fsp3) is 0.400. The van der Waals surface area contributed by atoms with Crippen molar-refractivity contribution in [3.63, 3.8) is 0 Å². The maximum Gasteiger partial charge on any atom is 0.407 e. The van der Waals surface area contributed by atoms with Crippen molar-refractivity contribution in [1.82, 2.24) is 5.32 Å². The molecule has 0 aromatic heterocycles. The van der Waals surface area contributed by atoms with Crippen LogP contribution >= 0.6 is 30.1 Å². The van der Waals surface area contributed by atoms with Crippen molar-refractivity contribution in [3.05, 3.63) is 29.3 Å². The summed E-state index contributed by atoms with van der Waals surface area (Å²) in [7, 11) is 1.29. The van der Waals surface area contributed by atoms with Gasteiger partial charge in [0.1, 0.15) is 11.4 Å². The number of alkyl halides is 2. The molecule has 126 valence electrons. The van der Waals surface area contributed by atoms with E-state index in [0.29, 0.717) is 11.1 Å². The molecule has 1 aromatic rings. The maximum atomic E-state index is 12.5. The zero-order chi connectivity index (χ0) is 17.5. The molecule has 0 aliphatic carbocycles. The van der Waals surface area contributed by atoms with E-state index in [4.69, 9.17) is 4.74 Å². The van der Waals surface area contributed by atoms with Gasteiger partial charge in [0.15, 0.2) is 0 Å². The van der Waals surface area contributed by atoms with Crippen LogP contribution in [0, 0.1) is 11.2 Å². The molecular weight excluding hydrogens is 439 g/mol. The van der Waals surface area contributed by atoms with Crippen LogP contribution in [-0.4, -0.2) is 18.3 Å². The van der Waals surface area contributed by atoms with Crippen molar-refractivity contribution >= 4 is 36.2 Å². The summed E-state index contributed by atoms with van der Waals surface area (Å²) >= 11 is 2.01. The summed E-state index contributed by atoms with van der Waals surface area (Å²) < 4.78 is 34.6. The van der Waals surface area contributed by atoms with E-state index in [9.17, 15) is 13.6 Å². The van der Waals surface area contributed by atoms with Gasteiger partial charge in [-0.2, -0.15) is 8.78 Å². The molecule has 1 N–H and O–H groups in total. The molecule has 0 unspecified atom stereocenters.